The van der Waals surface area contributed by atoms with Gasteiger partial charge in [-0.1, -0.05) is 5.21 Å². The van der Waals surface area contributed by atoms with Crippen LogP contribution in [0.5, 0.6) is 0 Å². The number of fused-ring (bicyclic) bond motifs is 1. The minimum absolute atomic E-state index is 0.328. The third-order valence-electron chi connectivity index (χ3n) is 2.35. The number of aliphatic hydroxyl groups is 3. The van der Waals surface area contributed by atoms with Gasteiger partial charge in [0.2, 0.25) is 0 Å². The molecule has 0 aromatic carbocycles. The van der Waals surface area contributed by atoms with Crippen molar-refractivity contribution in [3.05, 3.63) is 11.9 Å². The summed E-state index contributed by atoms with van der Waals surface area (Å²) >= 11 is 0. The first-order valence-corrected chi connectivity index (χ1v) is 4.14. The van der Waals surface area contributed by atoms with Gasteiger partial charge in [-0.3, -0.25) is 0 Å². The van der Waals surface area contributed by atoms with Crippen LogP contribution in [0.15, 0.2) is 6.20 Å². The summed E-state index contributed by atoms with van der Waals surface area (Å²) in [7, 11) is 1.38. The second-order valence-electron chi connectivity index (χ2n) is 3.16. The maximum atomic E-state index is 9.55. The predicted octanol–water partition coefficient (Wildman–Crippen LogP) is -1.81. The lowest BCUT2D eigenvalue weighted by atomic mass is 10.0. The van der Waals surface area contributed by atoms with E-state index >= 15 is 0 Å². The van der Waals surface area contributed by atoms with Crippen LogP contribution in [0.4, 0.5) is 0 Å². The first kappa shape index (κ1) is 9.53. The topological polar surface area (TPSA) is 101 Å². The molecule has 2 heterocycles. The maximum absolute atomic E-state index is 9.55. The molecule has 1 aromatic heterocycles. The van der Waals surface area contributed by atoms with Crippen molar-refractivity contribution in [1.29, 1.82) is 0 Å². The Bertz CT molecular complexity index is 328. The van der Waals surface area contributed by atoms with E-state index in [2.05, 4.69) is 10.3 Å². The van der Waals surface area contributed by atoms with Gasteiger partial charge in [0, 0.05) is 7.11 Å². The Hall–Kier alpha value is -1.02. The van der Waals surface area contributed by atoms with Crippen LogP contribution < -0.4 is 0 Å². The van der Waals surface area contributed by atoms with Gasteiger partial charge in [0.1, 0.15) is 18.3 Å². The molecule has 0 aliphatic carbocycles. The van der Waals surface area contributed by atoms with E-state index in [1.165, 1.54) is 18.0 Å². The standard InChI is InChI=1S/C7H11N3O4/c1-14-7-6(13)5(12)4(11)3-2-8-9-10(3)7/h2,4-7,11-13H,1H3/t4-,5+,6-,7+/m0/s1. The Morgan fingerprint density at radius 1 is 1.36 bits per heavy atom. The zero-order valence-electron chi connectivity index (χ0n) is 7.48. The van der Waals surface area contributed by atoms with E-state index in [1.807, 2.05) is 0 Å². The molecule has 0 bridgehead atoms. The molecule has 7 heteroatoms. The molecule has 4 atom stereocenters. The number of nitrogens with zero attached hydrogens (tertiary/aromatic N) is 3. The van der Waals surface area contributed by atoms with Crippen molar-refractivity contribution in [1.82, 2.24) is 15.0 Å². The molecule has 0 saturated heterocycles. The number of hydrogen-bond acceptors (Lipinski definition) is 6. The fraction of sp³-hybridized carbons (Fsp3) is 0.714. The quantitative estimate of drug-likeness (QED) is 0.495. The Kier molecular flexibility index (Phi) is 2.23. The summed E-state index contributed by atoms with van der Waals surface area (Å²) in [6.07, 6.45) is -3.18. The van der Waals surface area contributed by atoms with Crippen LogP contribution in [-0.4, -0.2) is 49.6 Å². The van der Waals surface area contributed by atoms with E-state index in [4.69, 9.17) is 4.74 Å². The zero-order valence-corrected chi connectivity index (χ0v) is 7.48. The van der Waals surface area contributed by atoms with E-state index in [0.717, 1.165) is 0 Å². The Labute approximate surface area is 79.5 Å². The first-order valence-electron chi connectivity index (χ1n) is 4.14. The normalized spacial score (nSPS) is 36.9. The SMILES string of the molecule is CO[C@@H]1[C@@H](O)[C@H](O)[C@@H](O)c2cnnn21. The molecule has 0 unspecified atom stereocenters. The summed E-state index contributed by atoms with van der Waals surface area (Å²) in [6.45, 7) is 0. The summed E-state index contributed by atoms with van der Waals surface area (Å²) in [4.78, 5) is 0. The van der Waals surface area contributed by atoms with Gasteiger partial charge < -0.3 is 20.1 Å². The van der Waals surface area contributed by atoms with Crippen molar-refractivity contribution >= 4 is 0 Å². The Morgan fingerprint density at radius 3 is 2.71 bits per heavy atom. The Balaban J connectivity index is 2.44. The fourth-order valence-corrected chi connectivity index (χ4v) is 1.58. The van der Waals surface area contributed by atoms with Crippen LogP contribution >= 0.6 is 0 Å². The van der Waals surface area contributed by atoms with Crippen LogP contribution in [0.3, 0.4) is 0 Å². The number of ether oxygens (including phenoxy) is 1. The molecule has 1 aliphatic rings. The number of methoxy groups -OCH3 is 1. The minimum atomic E-state index is -1.29. The molecular weight excluding hydrogens is 190 g/mol. The highest BCUT2D eigenvalue weighted by Crippen LogP contribution is 2.31. The first-order chi connectivity index (χ1) is 6.66. The third kappa shape index (κ3) is 1.14. The maximum Gasteiger partial charge on any atom is 0.180 e. The molecule has 2 rings (SSSR count). The highest BCUT2D eigenvalue weighted by molar-refractivity contribution is 5.08. The number of rotatable bonds is 1. The van der Waals surface area contributed by atoms with Crippen molar-refractivity contribution < 1.29 is 20.1 Å². The van der Waals surface area contributed by atoms with Crippen LogP contribution in [0.1, 0.15) is 18.0 Å². The van der Waals surface area contributed by atoms with Crippen molar-refractivity contribution in [3.63, 3.8) is 0 Å². The molecule has 3 N–H and O–H groups in total. The van der Waals surface area contributed by atoms with Crippen LogP contribution in [0.2, 0.25) is 0 Å². The van der Waals surface area contributed by atoms with Gasteiger partial charge in [0.05, 0.1) is 11.9 Å². The van der Waals surface area contributed by atoms with Crippen molar-refractivity contribution in [2.45, 2.75) is 24.5 Å². The van der Waals surface area contributed by atoms with Gasteiger partial charge in [-0.15, -0.1) is 5.10 Å². The molecule has 0 amide bonds. The monoisotopic (exact) mass is 201 g/mol. The lowest BCUT2D eigenvalue weighted by Gasteiger charge is -2.34. The summed E-state index contributed by atoms with van der Waals surface area (Å²) in [6, 6.07) is 0. The number of aliphatic hydroxyl groups excluding tert-OH is 3. The second-order valence-corrected chi connectivity index (χ2v) is 3.16. The Morgan fingerprint density at radius 2 is 2.07 bits per heavy atom. The fourth-order valence-electron chi connectivity index (χ4n) is 1.58. The summed E-state index contributed by atoms with van der Waals surface area (Å²) in [5.74, 6) is 0. The molecular formula is C7H11N3O4. The summed E-state index contributed by atoms with van der Waals surface area (Å²) < 4.78 is 6.20. The average molecular weight is 201 g/mol. The molecule has 7 nitrogen and oxygen atoms in total. The van der Waals surface area contributed by atoms with Crippen molar-refractivity contribution in [2.24, 2.45) is 0 Å². The molecule has 14 heavy (non-hydrogen) atoms. The van der Waals surface area contributed by atoms with Gasteiger partial charge >= 0.3 is 0 Å². The summed E-state index contributed by atoms with van der Waals surface area (Å²) in [5, 5.41) is 35.8. The third-order valence-corrected chi connectivity index (χ3v) is 2.35. The van der Waals surface area contributed by atoms with Crippen molar-refractivity contribution in [2.75, 3.05) is 7.11 Å². The molecule has 78 valence electrons. The van der Waals surface area contributed by atoms with E-state index in [-0.39, 0.29) is 0 Å². The molecule has 0 saturated carbocycles. The van der Waals surface area contributed by atoms with Gasteiger partial charge in [-0.25, -0.2) is 4.68 Å². The van der Waals surface area contributed by atoms with Crippen LogP contribution in [-0.2, 0) is 4.74 Å². The highest BCUT2D eigenvalue weighted by Gasteiger charge is 2.41. The number of hydrogen-bond donors (Lipinski definition) is 3. The lowest BCUT2D eigenvalue weighted by Crippen LogP contribution is -2.45. The lowest BCUT2D eigenvalue weighted by molar-refractivity contribution is -0.166. The highest BCUT2D eigenvalue weighted by atomic mass is 16.5. The smallest absolute Gasteiger partial charge is 0.180 e. The molecule has 1 aliphatic heterocycles. The minimum Gasteiger partial charge on any atom is -0.387 e. The van der Waals surface area contributed by atoms with Gasteiger partial charge in [-0.2, -0.15) is 0 Å². The second kappa shape index (κ2) is 3.28. The van der Waals surface area contributed by atoms with Crippen LogP contribution in [0.25, 0.3) is 0 Å². The van der Waals surface area contributed by atoms with Gasteiger partial charge in [0.15, 0.2) is 6.23 Å². The largest absolute Gasteiger partial charge is 0.387 e. The zero-order chi connectivity index (χ0) is 10.3. The van der Waals surface area contributed by atoms with Crippen LogP contribution in [0, 0.1) is 0 Å². The van der Waals surface area contributed by atoms with Gasteiger partial charge in [-0.05, 0) is 0 Å². The number of aromatic nitrogens is 3. The van der Waals surface area contributed by atoms with E-state index < -0.39 is 24.5 Å². The summed E-state index contributed by atoms with van der Waals surface area (Å²) in [5.41, 5.74) is 0.328. The molecule has 0 fully saturated rings. The molecule has 1 aromatic rings. The van der Waals surface area contributed by atoms with E-state index in [0.29, 0.717) is 5.69 Å². The predicted molar refractivity (Wildman–Crippen MR) is 43.0 cm³/mol. The van der Waals surface area contributed by atoms with E-state index in [1.54, 1.807) is 0 Å². The van der Waals surface area contributed by atoms with Gasteiger partial charge in [0.25, 0.3) is 0 Å². The average Bonchev–Trinajstić information content (AvgIpc) is 2.64. The van der Waals surface area contributed by atoms with Crippen molar-refractivity contribution in [3.8, 4) is 0 Å². The molecule has 0 radical (unpaired) electrons. The molecule has 0 spiro atoms. The van der Waals surface area contributed by atoms with E-state index in [9.17, 15) is 15.3 Å².